The van der Waals surface area contributed by atoms with E-state index in [-0.39, 0.29) is 0 Å². The molecular weight excluding hydrogens is 305 g/mol. The van der Waals surface area contributed by atoms with Crippen molar-refractivity contribution in [3.63, 3.8) is 0 Å². The molecule has 0 aromatic carbocycles. The van der Waals surface area contributed by atoms with Crippen LogP contribution in [-0.4, -0.2) is 26.1 Å². The van der Waals surface area contributed by atoms with Gasteiger partial charge in [-0.1, -0.05) is 0 Å². The van der Waals surface area contributed by atoms with Gasteiger partial charge < -0.3 is 5.73 Å². The highest BCUT2D eigenvalue weighted by Gasteiger charge is 2.05. The molecule has 0 bridgehead atoms. The molecule has 2 heterocycles. The predicted molar refractivity (Wildman–Crippen MR) is 64.6 cm³/mol. The minimum absolute atomic E-state index is 0.571. The molecule has 0 atom stereocenters. The third-order valence-electron chi connectivity index (χ3n) is 1.91. The molecule has 2 N–H and O–H groups in total. The minimum Gasteiger partial charge on any atom is -0.330 e. The van der Waals surface area contributed by atoms with Gasteiger partial charge >= 0.3 is 0 Å². The average molecular weight is 315 g/mol. The fraction of sp³-hybridized carbons (Fsp3) is 0.222. The van der Waals surface area contributed by atoms with Crippen LogP contribution in [0.3, 0.4) is 0 Å². The number of hydrogen-bond donors (Lipinski definition) is 1. The van der Waals surface area contributed by atoms with Crippen molar-refractivity contribution in [1.29, 1.82) is 0 Å². The van der Waals surface area contributed by atoms with Gasteiger partial charge in [-0.05, 0) is 29.1 Å². The molecule has 0 spiro atoms. The zero-order valence-electron chi connectivity index (χ0n) is 7.97. The zero-order valence-corrected chi connectivity index (χ0v) is 10.1. The van der Waals surface area contributed by atoms with Crippen molar-refractivity contribution in [2.75, 3.05) is 6.54 Å². The lowest BCUT2D eigenvalue weighted by molar-refractivity contribution is 0.802. The van der Waals surface area contributed by atoms with Crippen LogP contribution in [0.1, 0.15) is 5.82 Å². The Kier molecular flexibility index (Phi) is 3.27. The van der Waals surface area contributed by atoms with Gasteiger partial charge in [-0.3, -0.25) is 4.57 Å². The summed E-state index contributed by atoms with van der Waals surface area (Å²) in [5.74, 6) is 1.52. The van der Waals surface area contributed by atoms with Gasteiger partial charge in [0.05, 0.1) is 0 Å². The molecule has 0 saturated heterocycles. The van der Waals surface area contributed by atoms with E-state index in [1.807, 2.05) is 10.8 Å². The van der Waals surface area contributed by atoms with E-state index >= 15 is 0 Å². The third-order valence-corrected chi connectivity index (χ3v) is 2.46. The fourth-order valence-corrected chi connectivity index (χ4v) is 1.54. The maximum Gasteiger partial charge on any atom is 0.235 e. The fourth-order valence-electron chi connectivity index (χ4n) is 1.26. The van der Waals surface area contributed by atoms with Crippen molar-refractivity contribution in [3.05, 3.63) is 34.2 Å². The second kappa shape index (κ2) is 4.67. The van der Waals surface area contributed by atoms with E-state index in [1.165, 1.54) is 0 Å². The zero-order chi connectivity index (χ0) is 10.7. The first kappa shape index (κ1) is 10.5. The molecule has 0 aliphatic rings. The van der Waals surface area contributed by atoms with E-state index < -0.39 is 0 Å². The second-order valence-electron chi connectivity index (χ2n) is 2.95. The van der Waals surface area contributed by atoms with Gasteiger partial charge in [0.25, 0.3) is 0 Å². The number of imidazole rings is 1. The summed E-state index contributed by atoms with van der Waals surface area (Å²) in [6.07, 6.45) is 7.84. The Hall–Kier alpha value is -1.02. The molecule has 0 aliphatic carbocycles. The molecule has 0 radical (unpaired) electrons. The summed E-state index contributed by atoms with van der Waals surface area (Å²) in [6, 6.07) is 0. The normalized spacial score (nSPS) is 10.5. The first-order valence-corrected chi connectivity index (χ1v) is 5.59. The maximum atomic E-state index is 5.50. The van der Waals surface area contributed by atoms with Gasteiger partial charge in [0.1, 0.15) is 5.82 Å². The van der Waals surface area contributed by atoms with E-state index in [0.29, 0.717) is 12.5 Å². The van der Waals surface area contributed by atoms with Crippen LogP contribution in [-0.2, 0) is 6.42 Å². The van der Waals surface area contributed by atoms with Crippen LogP contribution in [0.25, 0.3) is 5.95 Å². The van der Waals surface area contributed by atoms with Crippen LogP contribution in [0.2, 0.25) is 0 Å². The minimum atomic E-state index is 0.571. The van der Waals surface area contributed by atoms with Gasteiger partial charge in [0.2, 0.25) is 5.95 Å². The molecule has 0 saturated carbocycles. The molecule has 0 aliphatic heterocycles. The van der Waals surface area contributed by atoms with Crippen LogP contribution < -0.4 is 5.73 Å². The maximum absolute atomic E-state index is 5.50. The first-order valence-electron chi connectivity index (χ1n) is 4.51. The molecule has 0 unspecified atom stereocenters. The quantitative estimate of drug-likeness (QED) is 0.850. The van der Waals surface area contributed by atoms with Gasteiger partial charge in [-0.15, -0.1) is 0 Å². The Bertz CT molecular complexity index is 436. The Morgan fingerprint density at radius 1 is 1.27 bits per heavy atom. The largest absolute Gasteiger partial charge is 0.330 e. The summed E-state index contributed by atoms with van der Waals surface area (Å²) in [5.41, 5.74) is 5.50. The van der Waals surface area contributed by atoms with Crippen LogP contribution in [0, 0.1) is 3.57 Å². The number of rotatable bonds is 3. The molecule has 0 fully saturated rings. The second-order valence-corrected chi connectivity index (χ2v) is 4.20. The third kappa shape index (κ3) is 2.32. The smallest absolute Gasteiger partial charge is 0.235 e. The molecule has 78 valence electrons. The lowest BCUT2D eigenvalue weighted by atomic mass is 10.4. The molecule has 15 heavy (non-hydrogen) atoms. The van der Waals surface area contributed by atoms with Crippen molar-refractivity contribution in [1.82, 2.24) is 19.5 Å². The monoisotopic (exact) mass is 315 g/mol. The van der Waals surface area contributed by atoms with Crippen molar-refractivity contribution in [3.8, 4) is 5.95 Å². The lowest BCUT2D eigenvalue weighted by Gasteiger charge is -2.04. The Labute approximate surface area is 101 Å². The highest BCUT2D eigenvalue weighted by molar-refractivity contribution is 14.1. The molecule has 2 aromatic rings. The summed E-state index contributed by atoms with van der Waals surface area (Å²) < 4.78 is 2.86. The number of aromatic nitrogens is 4. The van der Waals surface area contributed by atoms with Gasteiger partial charge in [0, 0.05) is 34.8 Å². The number of nitrogens with zero attached hydrogens (tertiary/aromatic N) is 4. The molecular formula is C9H10IN5. The highest BCUT2D eigenvalue weighted by atomic mass is 127. The van der Waals surface area contributed by atoms with Crippen molar-refractivity contribution < 1.29 is 0 Å². The van der Waals surface area contributed by atoms with Crippen molar-refractivity contribution in [2.45, 2.75) is 6.42 Å². The topological polar surface area (TPSA) is 69.6 Å². The van der Waals surface area contributed by atoms with Gasteiger partial charge in [-0.25, -0.2) is 15.0 Å². The van der Waals surface area contributed by atoms with Crippen LogP contribution in [0.5, 0.6) is 0 Å². The summed E-state index contributed by atoms with van der Waals surface area (Å²) >= 11 is 2.17. The van der Waals surface area contributed by atoms with E-state index in [1.54, 1.807) is 18.6 Å². The van der Waals surface area contributed by atoms with E-state index in [2.05, 4.69) is 37.5 Å². The Morgan fingerprint density at radius 3 is 2.67 bits per heavy atom. The molecule has 2 rings (SSSR count). The average Bonchev–Trinajstić information content (AvgIpc) is 2.68. The van der Waals surface area contributed by atoms with E-state index in [4.69, 9.17) is 5.73 Å². The predicted octanol–water partition coefficient (Wildman–Crippen LogP) is 0.768. The van der Waals surface area contributed by atoms with Crippen LogP contribution in [0.15, 0.2) is 24.8 Å². The molecule has 6 heteroatoms. The van der Waals surface area contributed by atoms with Crippen LogP contribution >= 0.6 is 22.6 Å². The number of nitrogens with two attached hydrogens (primary N) is 1. The van der Waals surface area contributed by atoms with Crippen molar-refractivity contribution >= 4 is 22.6 Å². The van der Waals surface area contributed by atoms with Crippen LogP contribution in [0.4, 0.5) is 0 Å². The van der Waals surface area contributed by atoms with E-state index in [0.717, 1.165) is 15.8 Å². The van der Waals surface area contributed by atoms with Crippen molar-refractivity contribution in [2.24, 2.45) is 5.73 Å². The highest BCUT2D eigenvalue weighted by Crippen LogP contribution is 2.07. The summed E-state index contributed by atoms with van der Waals surface area (Å²) in [7, 11) is 0. The first-order chi connectivity index (χ1) is 7.31. The molecule has 5 nitrogen and oxygen atoms in total. The lowest BCUT2D eigenvalue weighted by Crippen LogP contribution is -2.10. The van der Waals surface area contributed by atoms with Gasteiger partial charge in [-0.2, -0.15) is 0 Å². The summed E-state index contributed by atoms with van der Waals surface area (Å²) in [5, 5.41) is 0. The standard InChI is InChI=1S/C9H10IN5/c10-7-5-13-9(14-6-7)15-4-3-12-8(15)1-2-11/h3-6H,1-2,11H2. The summed E-state index contributed by atoms with van der Waals surface area (Å²) in [4.78, 5) is 12.7. The Balaban J connectivity index is 2.36. The molecule has 2 aromatic heterocycles. The van der Waals surface area contributed by atoms with Gasteiger partial charge in [0.15, 0.2) is 0 Å². The Morgan fingerprint density at radius 2 is 2.00 bits per heavy atom. The molecule has 0 amide bonds. The SMILES string of the molecule is NCCc1nccn1-c1ncc(I)cn1. The van der Waals surface area contributed by atoms with E-state index in [9.17, 15) is 0 Å². The summed E-state index contributed by atoms with van der Waals surface area (Å²) in [6.45, 7) is 0.571. The number of halogens is 1. The number of hydrogen-bond acceptors (Lipinski definition) is 4.